The summed E-state index contributed by atoms with van der Waals surface area (Å²) in [6, 6.07) is 3.87. The van der Waals surface area contributed by atoms with Crippen molar-refractivity contribution in [2.45, 2.75) is 6.54 Å². The van der Waals surface area contributed by atoms with Crippen molar-refractivity contribution in [3.8, 4) is 0 Å². The fraction of sp³-hybridized carbons (Fsp3) is 0.167. The van der Waals surface area contributed by atoms with E-state index in [1.54, 1.807) is 6.20 Å². The van der Waals surface area contributed by atoms with E-state index >= 15 is 0 Å². The van der Waals surface area contributed by atoms with Crippen LogP contribution in [0.3, 0.4) is 0 Å². The zero-order chi connectivity index (χ0) is 6.69. The van der Waals surface area contributed by atoms with Gasteiger partial charge in [0.2, 0.25) is 0 Å². The van der Waals surface area contributed by atoms with Crippen molar-refractivity contribution in [1.29, 1.82) is 0 Å². The lowest BCUT2D eigenvalue weighted by molar-refractivity contribution is 1.03. The summed E-state index contributed by atoms with van der Waals surface area (Å²) in [5.74, 6) is 0. The van der Waals surface area contributed by atoms with Gasteiger partial charge in [-0.2, -0.15) is 0 Å². The lowest BCUT2D eigenvalue weighted by Crippen LogP contribution is -1.99. The largest absolute Gasteiger partial charge is 0.326 e. The van der Waals surface area contributed by atoms with Crippen LogP contribution in [0.1, 0.15) is 5.56 Å². The van der Waals surface area contributed by atoms with Gasteiger partial charge in [0.15, 0.2) is 0 Å². The molecular weight excluding hydrogens is 227 g/mol. The van der Waals surface area contributed by atoms with Crippen LogP contribution < -0.4 is 5.73 Å². The highest BCUT2D eigenvalue weighted by atomic mass is 127. The molecule has 0 fully saturated rings. The van der Waals surface area contributed by atoms with Crippen LogP contribution in [0.25, 0.3) is 0 Å². The molecule has 2 N–H and O–H groups in total. The maximum Gasteiger partial charge on any atom is 0.105 e. The minimum Gasteiger partial charge on any atom is -0.326 e. The molecule has 9 heavy (non-hydrogen) atoms. The summed E-state index contributed by atoms with van der Waals surface area (Å²) < 4.78 is 0.998. The summed E-state index contributed by atoms with van der Waals surface area (Å²) in [5.41, 5.74) is 6.52. The van der Waals surface area contributed by atoms with Crippen LogP contribution in [0, 0.1) is 3.70 Å². The Balaban J connectivity index is 3.01. The van der Waals surface area contributed by atoms with E-state index in [1.807, 2.05) is 12.1 Å². The fourth-order valence-electron chi connectivity index (χ4n) is 0.572. The van der Waals surface area contributed by atoms with Crippen molar-refractivity contribution in [2.24, 2.45) is 5.73 Å². The van der Waals surface area contributed by atoms with Crippen LogP contribution in [-0.4, -0.2) is 4.98 Å². The minimum absolute atomic E-state index is 0.576. The normalized spacial score (nSPS) is 9.56. The molecule has 1 aromatic heterocycles. The summed E-state index contributed by atoms with van der Waals surface area (Å²) in [6.45, 7) is 0.576. The first-order valence-electron chi connectivity index (χ1n) is 2.64. The van der Waals surface area contributed by atoms with Crippen molar-refractivity contribution in [3.05, 3.63) is 27.6 Å². The maximum atomic E-state index is 5.41. The second-order valence-corrected chi connectivity index (χ2v) is 2.68. The maximum absolute atomic E-state index is 5.41. The molecule has 0 spiro atoms. The van der Waals surface area contributed by atoms with E-state index in [2.05, 4.69) is 27.6 Å². The predicted octanol–water partition coefficient (Wildman–Crippen LogP) is 1.14. The molecule has 0 unspecified atom stereocenters. The van der Waals surface area contributed by atoms with Gasteiger partial charge in [-0.1, -0.05) is 6.07 Å². The van der Waals surface area contributed by atoms with Crippen molar-refractivity contribution in [1.82, 2.24) is 4.98 Å². The number of halogens is 1. The number of rotatable bonds is 1. The highest BCUT2D eigenvalue weighted by Gasteiger charge is 1.93. The van der Waals surface area contributed by atoms with E-state index < -0.39 is 0 Å². The molecule has 0 amide bonds. The van der Waals surface area contributed by atoms with Crippen LogP contribution in [0.2, 0.25) is 0 Å². The van der Waals surface area contributed by atoms with Crippen LogP contribution in [0.15, 0.2) is 18.3 Å². The molecule has 0 saturated heterocycles. The molecule has 0 aliphatic heterocycles. The molecule has 0 saturated carbocycles. The highest BCUT2D eigenvalue weighted by molar-refractivity contribution is 14.1. The lowest BCUT2D eigenvalue weighted by Gasteiger charge is -1.95. The van der Waals surface area contributed by atoms with Gasteiger partial charge in [-0.3, -0.25) is 0 Å². The number of hydrogen-bond acceptors (Lipinski definition) is 2. The smallest absolute Gasteiger partial charge is 0.105 e. The molecule has 0 radical (unpaired) electrons. The third kappa shape index (κ3) is 1.62. The molecule has 0 bridgehead atoms. The van der Waals surface area contributed by atoms with E-state index in [9.17, 15) is 0 Å². The Morgan fingerprint density at radius 3 is 2.89 bits per heavy atom. The SMILES string of the molecule is NCc1cccnc1I. The van der Waals surface area contributed by atoms with Gasteiger partial charge in [-0.05, 0) is 34.2 Å². The molecule has 0 aromatic carbocycles. The lowest BCUT2D eigenvalue weighted by atomic mass is 10.3. The molecule has 3 heteroatoms. The molecule has 1 heterocycles. The van der Waals surface area contributed by atoms with Crippen LogP contribution in [0.5, 0.6) is 0 Å². The van der Waals surface area contributed by atoms with Gasteiger partial charge in [-0.15, -0.1) is 0 Å². The Morgan fingerprint density at radius 1 is 1.67 bits per heavy atom. The third-order valence-corrected chi connectivity index (χ3v) is 2.03. The van der Waals surface area contributed by atoms with E-state index in [4.69, 9.17) is 5.73 Å². The second-order valence-electron chi connectivity index (χ2n) is 1.66. The second kappa shape index (κ2) is 3.12. The third-order valence-electron chi connectivity index (χ3n) is 1.06. The van der Waals surface area contributed by atoms with E-state index in [0.29, 0.717) is 6.54 Å². The topological polar surface area (TPSA) is 38.9 Å². The average Bonchev–Trinajstić information content (AvgIpc) is 1.89. The zero-order valence-electron chi connectivity index (χ0n) is 4.84. The Bertz CT molecular complexity index is 200. The first-order chi connectivity index (χ1) is 4.34. The van der Waals surface area contributed by atoms with Gasteiger partial charge < -0.3 is 5.73 Å². The van der Waals surface area contributed by atoms with Gasteiger partial charge in [0.1, 0.15) is 3.70 Å². The summed E-state index contributed by atoms with van der Waals surface area (Å²) in [5, 5.41) is 0. The Kier molecular flexibility index (Phi) is 2.41. The molecule has 0 aliphatic carbocycles. The van der Waals surface area contributed by atoms with E-state index in [1.165, 1.54) is 0 Å². The predicted molar refractivity (Wildman–Crippen MR) is 44.8 cm³/mol. The number of pyridine rings is 1. The summed E-state index contributed by atoms with van der Waals surface area (Å²) in [7, 11) is 0. The average molecular weight is 234 g/mol. The standard InChI is InChI=1S/C6H7IN2/c7-6-5(4-8)2-1-3-9-6/h1-3H,4,8H2. The monoisotopic (exact) mass is 234 g/mol. The Labute approximate surface area is 67.6 Å². The molecule has 0 atom stereocenters. The fourth-order valence-corrected chi connectivity index (χ4v) is 1.13. The van der Waals surface area contributed by atoms with Crippen molar-refractivity contribution < 1.29 is 0 Å². The Morgan fingerprint density at radius 2 is 2.44 bits per heavy atom. The molecule has 2 nitrogen and oxygen atoms in total. The van der Waals surface area contributed by atoms with Crippen molar-refractivity contribution in [2.75, 3.05) is 0 Å². The Hall–Kier alpha value is -0.160. The molecule has 1 rings (SSSR count). The van der Waals surface area contributed by atoms with Crippen molar-refractivity contribution >= 4 is 22.6 Å². The summed E-state index contributed by atoms with van der Waals surface area (Å²) >= 11 is 2.17. The highest BCUT2D eigenvalue weighted by Crippen LogP contribution is 2.05. The van der Waals surface area contributed by atoms with Gasteiger partial charge in [-0.25, -0.2) is 4.98 Å². The minimum atomic E-state index is 0.576. The number of hydrogen-bond donors (Lipinski definition) is 1. The van der Waals surface area contributed by atoms with Crippen molar-refractivity contribution in [3.63, 3.8) is 0 Å². The molecule has 1 aromatic rings. The van der Waals surface area contributed by atoms with Gasteiger partial charge in [0, 0.05) is 12.7 Å². The molecule has 0 aliphatic rings. The summed E-state index contributed by atoms with van der Waals surface area (Å²) in [4.78, 5) is 4.06. The first kappa shape index (κ1) is 6.95. The van der Waals surface area contributed by atoms with Gasteiger partial charge in [0.05, 0.1) is 0 Å². The first-order valence-corrected chi connectivity index (χ1v) is 3.72. The van der Waals surface area contributed by atoms with Crippen LogP contribution in [0.4, 0.5) is 0 Å². The van der Waals surface area contributed by atoms with Gasteiger partial charge in [0.25, 0.3) is 0 Å². The molecular formula is C6H7IN2. The number of aromatic nitrogens is 1. The zero-order valence-corrected chi connectivity index (χ0v) is 7.00. The van der Waals surface area contributed by atoms with E-state index in [0.717, 1.165) is 9.26 Å². The van der Waals surface area contributed by atoms with Gasteiger partial charge >= 0.3 is 0 Å². The number of nitrogens with two attached hydrogens (primary N) is 1. The van der Waals surface area contributed by atoms with Crippen LogP contribution >= 0.6 is 22.6 Å². The van der Waals surface area contributed by atoms with E-state index in [-0.39, 0.29) is 0 Å². The number of nitrogens with zero attached hydrogens (tertiary/aromatic N) is 1. The quantitative estimate of drug-likeness (QED) is 0.584. The summed E-state index contributed by atoms with van der Waals surface area (Å²) in [6.07, 6.45) is 1.76. The van der Waals surface area contributed by atoms with Crippen LogP contribution in [-0.2, 0) is 6.54 Å². The molecule has 48 valence electrons.